The smallest absolute Gasteiger partial charge is 0.328 e. The second-order valence-corrected chi connectivity index (χ2v) is 5.81. The van der Waals surface area contributed by atoms with Crippen LogP contribution in [0.1, 0.15) is 23.1 Å². The first kappa shape index (κ1) is 14.2. The zero-order valence-electron chi connectivity index (χ0n) is 11.0. The molecular weight excluding hydrogens is 262 g/mol. The Balaban J connectivity index is 1.90. The van der Waals surface area contributed by atoms with Crippen LogP contribution in [-0.2, 0) is 16.1 Å². The quantitative estimate of drug-likeness (QED) is 0.842. The molecule has 1 saturated heterocycles. The van der Waals surface area contributed by atoms with Gasteiger partial charge in [-0.25, -0.2) is 4.79 Å². The molecule has 1 aromatic heterocycles. The minimum absolute atomic E-state index is 0.347. The Bertz CT molecular complexity index is 455. The fourth-order valence-electron chi connectivity index (χ4n) is 2.11. The van der Waals surface area contributed by atoms with Gasteiger partial charge in [-0.2, -0.15) is 0 Å². The summed E-state index contributed by atoms with van der Waals surface area (Å²) in [5.41, 5.74) is 0. The number of nitrogens with zero attached hydrogens (tertiary/aromatic N) is 1. The summed E-state index contributed by atoms with van der Waals surface area (Å²) in [4.78, 5) is 15.1. The molecule has 1 fully saturated rings. The van der Waals surface area contributed by atoms with Crippen LogP contribution in [0.5, 0.6) is 0 Å². The monoisotopic (exact) mass is 281 g/mol. The van der Waals surface area contributed by atoms with E-state index in [-0.39, 0.29) is 0 Å². The second kappa shape index (κ2) is 6.84. The molecule has 4 nitrogen and oxygen atoms in total. The number of ether oxygens (including phenoxy) is 1. The first-order valence-electron chi connectivity index (χ1n) is 6.51. The molecule has 104 valence electrons. The van der Waals surface area contributed by atoms with Crippen LogP contribution in [0.15, 0.2) is 18.2 Å². The normalized spacial score (nSPS) is 21.0. The summed E-state index contributed by atoms with van der Waals surface area (Å²) in [5, 5.41) is 8.59. The van der Waals surface area contributed by atoms with Crippen LogP contribution in [0.25, 0.3) is 6.08 Å². The van der Waals surface area contributed by atoms with Gasteiger partial charge >= 0.3 is 5.97 Å². The van der Waals surface area contributed by atoms with Gasteiger partial charge in [-0.05, 0) is 24.6 Å². The highest BCUT2D eigenvalue weighted by molar-refractivity contribution is 7.12. The molecular formula is C14H19NO3S. The fraction of sp³-hybridized carbons (Fsp3) is 0.500. The molecule has 2 rings (SSSR count). The van der Waals surface area contributed by atoms with Gasteiger partial charge in [0.25, 0.3) is 0 Å². The molecule has 1 unspecified atom stereocenters. The minimum Gasteiger partial charge on any atom is -0.478 e. The Kier molecular flexibility index (Phi) is 5.13. The lowest BCUT2D eigenvalue weighted by molar-refractivity contribution is -0.131. The van der Waals surface area contributed by atoms with E-state index in [0.29, 0.717) is 6.10 Å². The van der Waals surface area contributed by atoms with Gasteiger partial charge < -0.3 is 9.84 Å². The molecule has 1 aliphatic rings. The molecule has 0 radical (unpaired) electrons. The van der Waals surface area contributed by atoms with Gasteiger partial charge in [-0.1, -0.05) is 6.92 Å². The van der Waals surface area contributed by atoms with Crippen LogP contribution in [0.4, 0.5) is 0 Å². The number of morpholine rings is 1. The number of carboxylic acids is 1. The molecule has 0 saturated carbocycles. The maximum Gasteiger partial charge on any atom is 0.328 e. The number of carbonyl (C=O) groups is 1. The van der Waals surface area contributed by atoms with Gasteiger partial charge in [0.1, 0.15) is 0 Å². The zero-order chi connectivity index (χ0) is 13.7. The van der Waals surface area contributed by atoms with E-state index in [1.54, 1.807) is 17.4 Å². The van der Waals surface area contributed by atoms with E-state index in [0.717, 1.165) is 37.5 Å². The predicted molar refractivity (Wildman–Crippen MR) is 76.3 cm³/mol. The van der Waals surface area contributed by atoms with E-state index in [4.69, 9.17) is 9.84 Å². The van der Waals surface area contributed by atoms with E-state index >= 15 is 0 Å². The van der Waals surface area contributed by atoms with Gasteiger partial charge in [0.2, 0.25) is 0 Å². The first-order valence-corrected chi connectivity index (χ1v) is 7.32. The van der Waals surface area contributed by atoms with E-state index in [2.05, 4.69) is 17.9 Å². The minimum atomic E-state index is -0.908. The lowest BCUT2D eigenvalue weighted by Gasteiger charge is -2.32. The second-order valence-electron chi connectivity index (χ2n) is 4.61. The van der Waals surface area contributed by atoms with Gasteiger partial charge in [0.15, 0.2) is 0 Å². The zero-order valence-corrected chi connectivity index (χ0v) is 11.9. The molecule has 2 heterocycles. The van der Waals surface area contributed by atoms with Crippen molar-refractivity contribution in [3.63, 3.8) is 0 Å². The van der Waals surface area contributed by atoms with Crippen molar-refractivity contribution < 1.29 is 14.6 Å². The topological polar surface area (TPSA) is 49.8 Å². The van der Waals surface area contributed by atoms with Gasteiger partial charge in [-0.3, -0.25) is 4.90 Å². The van der Waals surface area contributed by atoms with Crippen molar-refractivity contribution >= 4 is 23.4 Å². The Morgan fingerprint density at radius 3 is 3.21 bits per heavy atom. The number of aliphatic carboxylic acids is 1. The summed E-state index contributed by atoms with van der Waals surface area (Å²) in [5.74, 6) is -0.908. The van der Waals surface area contributed by atoms with Gasteiger partial charge in [0.05, 0.1) is 12.7 Å². The van der Waals surface area contributed by atoms with Crippen molar-refractivity contribution in [1.82, 2.24) is 4.90 Å². The maximum atomic E-state index is 10.5. The van der Waals surface area contributed by atoms with Crippen molar-refractivity contribution in [2.24, 2.45) is 0 Å². The molecule has 1 aromatic rings. The van der Waals surface area contributed by atoms with Crippen LogP contribution in [0.2, 0.25) is 0 Å². The van der Waals surface area contributed by atoms with Crippen LogP contribution in [0, 0.1) is 0 Å². The van der Waals surface area contributed by atoms with Gasteiger partial charge in [-0.15, -0.1) is 11.3 Å². The average molecular weight is 281 g/mol. The molecule has 1 atom stereocenters. The summed E-state index contributed by atoms with van der Waals surface area (Å²) < 4.78 is 5.65. The molecule has 0 amide bonds. The number of hydrogen-bond donors (Lipinski definition) is 1. The molecule has 5 heteroatoms. The van der Waals surface area contributed by atoms with Gasteiger partial charge in [0, 0.05) is 35.5 Å². The Morgan fingerprint density at radius 2 is 2.47 bits per heavy atom. The average Bonchev–Trinajstić information content (AvgIpc) is 2.84. The number of hydrogen-bond acceptors (Lipinski definition) is 4. The third-order valence-corrected chi connectivity index (χ3v) is 4.17. The van der Waals surface area contributed by atoms with E-state index in [9.17, 15) is 4.79 Å². The lowest BCUT2D eigenvalue weighted by Crippen LogP contribution is -2.41. The van der Waals surface area contributed by atoms with Crippen molar-refractivity contribution in [3.05, 3.63) is 28.0 Å². The summed E-state index contributed by atoms with van der Waals surface area (Å²) >= 11 is 1.64. The largest absolute Gasteiger partial charge is 0.478 e. The molecule has 0 aliphatic carbocycles. The number of carboxylic acid groups (broad SMARTS) is 1. The van der Waals surface area contributed by atoms with Crippen LogP contribution >= 0.6 is 11.3 Å². The number of rotatable bonds is 5. The predicted octanol–water partition coefficient (Wildman–Crippen LogP) is 2.46. The fourth-order valence-corrected chi connectivity index (χ4v) is 3.07. The highest BCUT2D eigenvalue weighted by Gasteiger charge is 2.19. The summed E-state index contributed by atoms with van der Waals surface area (Å²) in [6.07, 6.45) is 4.22. The SMILES string of the molecule is CCC1CN(Cc2ccc(C=CC(=O)O)s2)CCO1. The molecule has 1 aliphatic heterocycles. The number of thiophene rings is 1. The standard InChI is InChI=1S/C14H19NO3S/c1-2-11-9-15(7-8-18-11)10-13-4-3-12(19-13)5-6-14(16)17/h3-6,11H,2,7-10H2,1H3,(H,16,17). The first-order chi connectivity index (χ1) is 9.17. The summed E-state index contributed by atoms with van der Waals surface area (Å²) in [6.45, 7) is 5.82. The molecule has 19 heavy (non-hydrogen) atoms. The van der Waals surface area contributed by atoms with Crippen molar-refractivity contribution in [1.29, 1.82) is 0 Å². The molecule has 0 aromatic carbocycles. The molecule has 1 N–H and O–H groups in total. The molecule has 0 spiro atoms. The Labute approximate surface area is 117 Å². The summed E-state index contributed by atoms with van der Waals surface area (Å²) in [6, 6.07) is 4.04. The third-order valence-electron chi connectivity index (χ3n) is 3.13. The highest BCUT2D eigenvalue weighted by Crippen LogP contribution is 2.21. The Morgan fingerprint density at radius 1 is 1.63 bits per heavy atom. The van der Waals surface area contributed by atoms with E-state index in [1.807, 2.05) is 6.07 Å². The van der Waals surface area contributed by atoms with Crippen molar-refractivity contribution in [3.8, 4) is 0 Å². The van der Waals surface area contributed by atoms with Crippen LogP contribution in [-0.4, -0.2) is 41.8 Å². The third kappa shape index (κ3) is 4.45. The van der Waals surface area contributed by atoms with Crippen molar-refractivity contribution in [2.45, 2.75) is 26.0 Å². The molecule has 0 bridgehead atoms. The summed E-state index contributed by atoms with van der Waals surface area (Å²) in [7, 11) is 0. The van der Waals surface area contributed by atoms with E-state index in [1.165, 1.54) is 11.0 Å². The maximum absolute atomic E-state index is 10.5. The van der Waals surface area contributed by atoms with E-state index < -0.39 is 5.97 Å². The highest BCUT2D eigenvalue weighted by atomic mass is 32.1. The Hall–Kier alpha value is -1.17. The lowest BCUT2D eigenvalue weighted by atomic mass is 10.2. The van der Waals surface area contributed by atoms with Crippen LogP contribution in [0.3, 0.4) is 0 Å². The van der Waals surface area contributed by atoms with Crippen LogP contribution < -0.4 is 0 Å². The van der Waals surface area contributed by atoms with Crippen molar-refractivity contribution in [2.75, 3.05) is 19.7 Å².